The van der Waals surface area contributed by atoms with Gasteiger partial charge in [0.1, 0.15) is 23.6 Å². The molecule has 290 valence electrons. The lowest BCUT2D eigenvalue weighted by Gasteiger charge is -2.35. The van der Waals surface area contributed by atoms with Gasteiger partial charge in [0.15, 0.2) is 5.92 Å². The summed E-state index contributed by atoms with van der Waals surface area (Å²) in [4.78, 5) is 70.2. The van der Waals surface area contributed by atoms with Crippen LogP contribution >= 0.6 is 0 Å². The number of benzene rings is 2. The topological polar surface area (TPSA) is 141 Å². The molecule has 3 amide bonds. The second-order valence-corrected chi connectivity index (χ2v) is 16.0. The van der Waals surface area contributed by atoms with Crippen molar-refractivity contribution in [2.75, 3.05) is 33.3 Å². The summed E-state index contributed by atoms with van der Waals surface area (Å²) in [7, 11) is 1.19. The summed E-state index contributed by atoms with van der Waals surface area (Å²) in [6.45, 7) is 12.9. The first-order valence-electron chi connectivity index (χ1n) is 18.7. The second-order valence-electron chi connectivity index (χ2n) is 16.0. The molecule has 3 unspecified atom stereocenters. The maximum atomic E-state index is 14.0. The van der Waals surface area contributed by atoms with Gasteiger partial charge in [-0.25, -0.2) is 4.79 Å². The highest BCUT2D eigenvalue weighted by Crippen LogP contribution is 2.31. The lowest BCUT2D eigenvalue weighted by molar-refractivity contribution is -0.169. The van der Waals surface area contributed by atoms with Crippen LogP contribution in [0, 0.1) is 17.8 Å². The number of carbonyl (C=O) groups is 5. The molecule has 12 nitrogen and oxygen atoms in total. The number of nitrogens with one attached hydrogen (secondary N) is 1. The van der Waals surface area contributed by atoms with Gasteiger partial charge in [0, 0.05) is 32.6 Å². The fourth-order valence-electron chi connectivity index (χ4n) is 6.66. The Hall–Kier alpha value is -4.61. The van der Waals surface area contributed by atoms with E-state index in [1.165, 1.54) is 7.11 Å². The number of nitrogens with zero attached hydrogens (tertiary/aromatic N) is 2. The van der Waals surface area contributed by atoms with E-state index in [0.717, 1.165) is 18.4 Å². The largest absolute Gasteiger partial charge is 0.489 e. The van der Waals surface area contributed by atoms with Crippen molar-refractivity contribution in [3.63, 3.8) is 0 Å². The molecule has 1 N–H and O–H groups in total. The van der Waals surface area contributed by atoms with Crippen molar-refractivity contribution in [3.8, 4) is 5.75 Å². The van der Waals surface area contributed by atoms with Crippen LogP contribution in [-0.4, -0.2) is 84.1 Å². The highest BCUT2D eigenvalue weighted by Gasteiger charge is 2.42. The minimum atomic E-state index is -1.50. The third-order valence-corrected chi connectivity index (χ3v) is 9.39. The minimum Gasteiger partial charge on any atom is -0.489 e. The Morgan fingerprint density at radius 2 is 1.49 bits per heavy atom. The molecule has 3 atom stereocenters. The molecule has 2 aliphatic heterocycles. The second kappa shape index (κ2) is 18.4. The molecule has 2 heterocycles. The van der Waals surface area contributed by atoms with Gasteiger partial charge in [-0.3, -0.25) is 19.2 Å². The van der Waals surface area contributed by atoms with Crippen LogP contribution < -0.4 is 10.1 Å². The third-order valence-electron chi connectivity index (χ3n) is 9.39. The van der Waals surface area contributed by atoms with Crippen LogP contribution in [-0.2, 0) is 40.0 Å². The van der Waals surface area contributed by atoms with Gasteiger partial charge in [-0.15, -0.1) is 0 Å². The van der Waals surface area contributed by atoms with Gasteiger partial charge in [-0.2, -0.15) is 0 Å². The van der Waals surface area contributed by atoms with E-state index in [9.17, 15) is 24.0 Å². The van der Waals surface area contributed by atoms with Crippen molar-refractivity contribution < 1.29 is 42.9 Å². The Balaban J connectivity index is 1.44. The number of rotatable bonds is 12. The van der Waals surface area contributed by atoms with E-state index in [1.54, 1.807) is 54.8 Å². The van der Waals surface area contributed by atoms with E-state index in [2.05, 4.69) is 5.32 Å². The van der Waals surface area contributed by atoms with E-state index >= 15 is 0 Å². The molecule has 4 rings (SSSR count). The lowest BCUT2D eigenvalue weighted by Crippen LogP contribution is -2.49. The number of carbonyl (C=O) groups excluding carboxylic acids is 5. The van der Waals surface area contributed by atoms with E-state index in [1.807, 2.05) is 51.1 Å². The van der Waals surface area contributed by atoms with Crippen molar-refractivity contribution in [1.82, 2.24) is 15.1 Å². The van der Waals surface area contributed by atoms with Crippen LogP contribution in [0.25, 0.3) is 0 Å². The molecule has 2 aliphatic rings. The number of esters is 2. The van der Waals surface area contributed by atoms with Crippen LogP contribution in [0.1, 0.15) is 97.2 Å². The van der Waals surface area contributed by atoms with Crippen molar-refractivity contribution >= 4 is 29.8 Å². The monoisotopic (exact) mass is 735 g/mol. The van der Waals surface area contributed by atoms with Crippen molar-refractivity contribution in [2.45, 2.75) is 104 Å². The van der Waals surface area contributed by atoms with Gasteiger partial charge in [0.05, 0.1) is 19.1 Å². The Morgan fingerprint density at radius 3 is 2.13 bits per heavy atom. The number of ether oxygens (including phenoxy) is 4. The molecule has 2 aromatic carbocycles. The predicted molar refractivity (Wildman–Crippen MR) is 199 cm³/mol. The number of hydrogen-bond acceptors (Lipinski definition) is 9. The summed E-state index contributed by atoms with van der Waals surface area (Å²) in [5.41, 5.74) is -0.0257. The Kier molecular flexibility index (Phi) is 14.3. The molecule has 2 aromatic rings. The van der Waals surface area contributed by atoms with Crippen LogP contribution in [0.5, 0.6) is 5.75 Å². The highest BCUT2D eigenvalue weighted by atomic mass is 16.6. The van der Waals surface area contributed by atoms with Crippen LogP contribution in [0.4, 0.5) is 4.79 Å². The van der Waals surface area contributed by atoms with Gasteiger partial charge in [0.2, 0.25) is 11.8 Å². The smallest absolute Gasteiger partial charge is 0.410 e. The van der Waals surface area contributed by atoms with Crippen LogP contribution in [0.2, 0.25) is 0 Å². The Morgan fingerprint density at radius 1 is 0.811 bits per heavy atom. The summed E-state index contributed by atoms with van der Waals surface area (Å²) in [5, 5.41) is 2.98. The van der Waals surface area contributed by atoms with Gasteiger partial charge in [-0.05, 0) is 103 Å². The molecule has 0 spiro atoms. The molecule has 53 heavy (non-hydrogen) atoms. The normalized spacial score (nSPS) is 18.0. The number of methoxy groups -OCH3 is 1. The number of amides is 3. The average molecular weight is 736 g/mol. The molecule has 2 saturated heterocycles. The van der Waals surface area contributed by atoms with Crippen LogP contribution in [0.3, 0.4) is 0 Å². The number of piperidine rings is 2. The molecule has 2 fully saturated rings. The molecular formula is C41H57N3O9. The number of hydrogen-bond donors (Lipinski definition) is 1. The Labute approximate surface area is 313 Å². The fraction of sp³-hybridized carbons (Fsp3) is 0.585. The molecule has 0 aromatic heterocycles. The quantitative estimate of drug-likeness (QED) is 0.153. The van der Waals surface area contributed by atoms with E-state index < -0.39 is 41.0 Å². The average Bonchev–Trinajstić information content (AvgIpc) is 3.12. The maximum Gasteiger partial charge on any atom is 0.410 e. The first kappa shape index (κ1) is 41.2. The van der Waals surface area contributed by atoms with E-state index in [-0.39, 0.29) is 24.5 Å². The zero-order valence-corrected chi connectivity index (χ0v) is 32.4. The first-order valence-corrected chi connectivity index (χ1v) is 18.7. The summed E-state index contributed by atoms with van der Waals surface area (Å²) < 4.78 is 22.3. The first-order chi connectivity index (χ1) is 25.0. The highest BCUT2D eigenvalue weighted by molar-refractivity contribution is 5.97. The summed E-state index contributed by atoms with van der Waals surface area (Å²) in [6, 6.07) is 15.4. The van der Waals surface area contributed by atoms with Gasteiger partial charge in [-0.1, -0.05) is 42.5 Å². The van der Waals surface area contributed by atoms with Crippen LogP contribution in [0.15, 0.2) is 54.6 Å². The lowest BCUT2D eigenvalue weighted by atomic mass is 9.90. The molecule has 12 heteroatoms. The third kappa shape index (κ3) is 12.8. The van der Waals surface area contributed by atoms with Crippen molar-refractivity contribution in [3.05, 3.63) is 65.7 Å². The molecule has 0 bridgehead atoms. The maximum absolute atomic E-state index is 14.0. The zero-order valence-electron chi connectivity index (χ0n) is 32.4. The van der Waals surface area contributed by atoms with Crippen molar-refractivity contribution in [2.24, 2.45) is 17.8 Å². The van der Waals surface area contributed by atoms with Gasteiger partial charge >= 0.3 is 18.0 Å². The summed E-state index contributed by atoms with van der Waals surface area (Å²) in [5.74, 6) is -3.33. The molecule has 0 saturated carbocycles. The number of likely N-dealkylation sites (tertiary alicyclic amines) is 2. The molecular weight excluding hydrogens is 678 g/mol. The summed E-state index contributed by atoms with van der Waals surface area (Å²) >= 11 is 0. The fourth-order valence-corrected chi connectivity index (χ4v) is 6.66. The zero-order chi connectivity index (χ0) is 38.8. The standard InChI is InChI=1S/C41H57N3O9/c1-40(2,3)52-38(48)34(37(47)50-7)35(30-15-11-17-32(25-30)51-27-29-13-9-8-10-14-29)42-36(46)31-16-12-22-44(26-31)33(45)19-18-28-20-23-43(24-21-28)39(49)53-41(4,5)6/h8-11,13-15,17,25,28,31,34-35H,12,16,18-24,26-27H2,1-7H3,(H,42,46). The molecule has 0 radical (unpaired) electrons. The van der Waals surface area contributed by atoms with Gasteiger partial charge in [0.25, 0.3) is 0 Å². The predicted octanol–water partition coefficient (Wildman–Crippen LogP) is 6.22. The van der Waals surface area contributed by atoms with E-state index in [0.29, 0.717) is 69.2 Å². The van der Waals surface area contributed by atoms with Crippen molar-refractivity contribution in [1.29, 1.82) is 0 Å². The Bertz CT molecular complexity index is 1560. The van der Waals surface area contributed by atoms with Gasteiger partial charge < -0.3 is 34.1 Å². The summed E-state index contributed by atoms with van der Waals surface area (Å²) in [6.07, 6.45) is 3.54. The van der Waals surface area contributed by atoms with E-state index in [4.69, 9.17) is 18.9 Å². The SMILES string of the molecule is COC(=O)C(C(=O)OC(C)(C)C)C(NC(=O)C1CCCN(C(=O)CCC2CCN(C(=O)OC(C)(C)C)CC2)C1)c1cccc(OCc2ccccc2)c1. The minimum absolute atomic E-state index is 0.0157. The molecule has 0 aliphatic carbocycles.